The molecule has 0 spiro atoms. The fraction of sp³-hybridized carbons (Fsp3) is 0.438. The zero-order valence-corrected chi connectivity index (χ0v) is 15.5. The molecule has 2 heterocycles. The molecule has 2 aromatic rings. The summed E-state index contributed by atoms with van der Waals surface area (Å²) in [5.41, 5.74) is 0.331. The van der Waals surface area contributed by atoms with Crippen molar-refractivity contribution in [2.75, 3.05) is 6.54 Å². The number of rotatable bonds is 4. The second-order valence-electron chi connectivity index (χ2n) is 6.43. The smallest absolute Gasteiger partial charge is 0.392 e. The van der Waals surface area contributed by atoms with Gasteiger partial charge in [0.05, 0.1) is 19.1 Å². The molecule has 0 bridgehead atoms. The van der Waals surface area contributed by atoms with Crippen molar-refractivity contribution in [3.8, 4) is 0 Å². The van der Waals surface area contributed by atoms with Gasteiger partial charge in [-0.2, -0.15) is 13.2 Å². The van der Waals surface area contributed by atoms with Gasteiger partial charge in [0.1, 0.15) is 0 Å². The number of benzene rings is 1. The van der Waals surface area contributed by atoms with Crippen LogP contribution in [0.25, 0.3) is 0 Å². The lowest BCUT2D eigenvalue weighted by Gasteiger charge is -2.28. The van der Waals surface area contributed by atoms with E-state index in [0.29, 0.717) is 10.9 Å². The summed E-state index contributed by atoms with van der Waals surface area (Å²) in [6.45, 7) is -0.258. The maximum absolute atomic E-state index is 13.4. The topological polar surface area (TPSA) is 71.2 Å². The second kappa shape index (κ2) is 7.71. The Kier molecular flexibility index (Phi) is 5.67. The van der Waals surface area contributed by atoms with Crippen LogP contribution in [0.15, 0.2) is 12.1 Å². The van der Waals surface area contributed by atoms with E-state index in [0.717, 1.165) is 16.7 Å². The molecule has 12 heteroatoms. The summed E-state index contributed by atoms with van der Waals surface area (Å²) >= 11 is 0. The van der Waals surface area contributed by atoms with Crippen molar-refractivity contribution in [1.82, 2.24) is 19.7 Å². The molecule has 1 N–H and O–H groups in total. The first kappa shape index (κ1) is 20.6. The van der Waals surface area contributed by atoms with Crippen LogP contribution in [-0.2, 0) is 30.5 Å². The maximum atomic E-state index is 13.4. The number of aliphatic hydroxyl groups excluding tert-OH is 1. The summed E-state index contributed by atoms with van der Waals surface area (Å²) in [6.07, 6.45) is -6.19. The lowest BCUT2D eigenvalue weighted by Crippen LogP contribution is -2.40. The van der Waals surface area contributed by atoms with Gasteiger partial charge in [-0.1, -0.05) is 0 Å². The van der Waals surface area contributed by atoms with E-state index < -0.39 is 35.6 Å². The summed E-state index contributed by atoms with van der Waals surface area (Å²) < 4.78 is 65.9. The Morgan fingerprint density at radius 1 is 1.21 bits per heavy atom. The van der Waals surface area contributed by atoms with Crippen LogP contribution in [0, 0.1) is 11.6 Å². The number of amides is 1. The van der Waals surface area contributed by atoms with Crippen molar-refractivity contribution in [2.24, 2.45) is 0 Å². The number of carbonyl (C=O) groups excluding carboxylic acids is 1. The van der Waals surface area contributed by atoms with Crippen molar-refractivity contribution >= 4 is 20.5 Å². The number of nitrogens with zero attached hydrogens (tertiary/aromatic N) is 4. The SMILES string of the molecule is O=C(C[C@H](O)Cc1cc(F)c(F)cc1P)N1CCn2c(nnc2C(F)(F)F)C1. The quantitative estimate of drug-likeness (QED) is 0.598. The van der Waals surface area contributed by atoms with Crippen molar-refractivity contribution in [3.63, 3.8) is 0 Å². The molecular formula is C16H16F5N4O2P. The minimum atomic E-state index is -4.63. The van der Waals surface area contributed by atoms with Gasteiger partial charge in [-0.15, -0.1) is 19.4 Å². The first-order valence-electron chi connectivity index (χ1n) is 8.24. The Morgan fingerprint density at radius 2 is 1.89 bits per heavy atom. The number of alkyl halides is 3. The fourth-order valence-electron chi connectivity index (χ4n) is 3.02. The third kappa shape index (κ3) is 4.30. The predicted molar refractivity (Wildman–Crippen MR) is 90.5 cm³/mol. The van der Waals surface area contributed by atoms with E-state index in [1.165, 1.54) is 4.90 Å². The molecule has 0 fully saturated rings. The largest absolute Gasteiger partial charge is 0.451 e. The molecule has 28 heavy (non-hydrogen) atoms. The Hall–Kier alpha value is -2.13. The van der Waals surface area contributed by atoms with Gasteiger partial charge >= 0.3 is 6.18 Å². The van der Waals surface area contributed by atoms with Gasteiger partial charge < -0.3 is 14.6 Å². The molecular weight excluding hydrogens is 406 g/mol. The molecule has 1 aromatic carbocycles. The van der Waals surface area contributed by atoms with Crippen LogP contribution in [0.3, 0.4) is 0 Å². The number of halogens is 5. The van der Waals surface area contributed by atoms with Crippen LogP contribution < -0.4 is 5.30 Å². The molecule has 1 aliphatic rings. The highest BCUT2D eigenvalue weighted by molar-refractivity contribution is 7.27. The summed E-state index contributed by atoms with van der Waals surface area (Å²) in [7, 11) is 2.23. The van der Waals surface area contributed by atoms with Gasteiger partial charge in [-0.3, -0.25) is 4.79 Å². The molecule has 0 saturated heterocycles. The van der Waals surface area contributed by atoms with Crippen LogP contribution in [0.2, 0.25) is 0 Å². The Labute approximate surface area is 158 Å². The molecule has 1 amide bonds. The predicted octanol–water partition coefficient (Wildman–Crippen LogP) is 1.41. The van der Waals surface area contributed by atoms with Gasteiger partial charge in [-0.05, 0) is 29.4 Å². The highest BCUT2D eigenvalue weighted by Crippen LogP contribution is 2.29. The van der Waals surface area contributed by atoms with Gasteiger partial charge in [0.25, 0.3) is 0 Å². The minimum Gasteiger partial charge on any atom is -0.392 e. The van der Waals surface area contributed by atoms with Gasteiger partial charge in [-0.25, -0.2) is 8.78 Å². The summed E-state index contributed by atoms with van der Waals surface area (Å²) in [5.74, 6) is -3.66. The average Bonchev–Trinajstić information content (AvgIpc) is 3.03. The molecule has 0 saturated carbocycles. The lowest BCUT2D eigenvalue weighted by atomic mass is 10.0. The monoisotopic (exact) mass is 422 g/mol. The van der Waals surface area contributed by atoms with Crippen LogP contribution >= 0.6 is 9.24 Å². The fourth-order valence-corrected chi connectivity index (χ4v) is 3.36. The highest BCUT2D eigenvalue weighted by Gasteiger charge is 2.40. The number of hydrogen-bond donors (Lipinski definition) is 1. The third-order valence-corrected chi connectivity index (χ3v) is 4.94. The Balaban J connectivity index is 1.63. The summed E-state index contributed by atoms with van der Waals surface area (Å²) in [4.78, 5) is 13.6. The van der Waals surface area contributed by atoms with E-state index in [1.54, 1.807) is 0 Å². The normalized spacial score (nSPS) is 15.5. The number of aliphatic hydroxyl groups is 1. The van der Waals surface area contributed by atoms with E-state index in [4.69, 9.17) is 0 Å². The minimum absolute atomic E-state index is 0.00858. The molecule has 6 nitrogen and oxygen atoms in total. The molecule has 3 rings (SSSR count). The van der Waals surface area contributed by atoms with Crippen LogP contribution in [0.5, 0.6) is 0 Å². The molecule has 1 aromatic heterocycles. The second-order valence-corrected chi connectivity index (χ2v) is 7.05. The highest BCUT2D eigenvalue weighted by atomic mass is 31.0. The Bertz CT molecular complexity index is 902. The van der Waals surface area contributed by atoms with Crippen molar-refractivity contribution in [3.05, 3.63) is 41.0 Å². The molecule has 1 aliphatic heterocycles. The number of carbonyl (C=O) groups is 1. The first-order chi connectivity index (χ1) is 13.1. The van der Waals surface area contributed by atoms with Crippen molar-refractivity contribution < 1.29 is 31.9 Å². The van der Waals surface area contributed by atoms with E-state index in [2.05, 4.69) is 19.4 Å². The van der Waals surface area contributed by atoms with Crippen LogP contribution in [-0.4, -0.2) is 43.3 Å². The summed E-state index contributed by atoms with van der Waals surface area (Å²) in [5, 5.41) is 17.1. The molecule has 2 atom stereocenters. The zero-order valence-electron chi connectivity index (χ0n) is 14.4. The van der Waals surface area contributed by atoms with Crippen molar-refractivity contribution in [2.45, 2.75) is 38.2 Å². The van der Waals surface area contributed by atoms with E-state index in [-0.39, 0.29) is 38.3 Å². The maximum Gasteiger partial charge on any atom is 0.451 e. The van der Waals surface area contributed by atoms with E-state index in [1.807, 2.05) is 0 Å². The molecule has 0 aliphatic carbocycles. The summed E-state index contributed by atoms with van der Waals surface area (Å²) in [6, 6.07) is 1.92. The van der Waals surface area contributed by atoms with Crippen LogP contribution in [0.4, 0.5) is 22.0 Å². The third-order valence-electron chi connectivity index (χ3n) is 4.41. The Morgan fingerprint density at radius 3 is 2.57 bits per heavy atom. The molecule has 1 unspecified atom stereocenters. The van der Waals surface area contributed by atoms with E-state index >= 15 is 0 Å². The van der Waals surface area contributed by atoms with Crippen molar-refractivity contribution in [1.29, 1.82) is 0 Å². The van der Waals surface area contributed by atoms with Crippen LogP contribution in [0.1, 0.15) is 23.6 Å². The van der Waals surface area contributed by atoms with Gasteiger partial charge in [0.2, 0.25) is 11.7 Å². The molecule has 0 radical (unpaired) electrons. The standard InChI is InChI=1S/C16H16F5N4O2P/c17-10-4-8(12(28)6-11(10)18)3-9(26)5-14(27)24-1-2-25-13(7-24)22-23-15(25)16(19,20)21/h4,6,9,26H,1-3,5,7,28H2/t9-/m1/s1. The van der Waals surface area contributed by atoms with Gasteiger partial charge in [0, 0.05) is 13.1 Å². The van der Waals surface area contributed by atoms with Gasteiger partial charge in [0.15, 0.2) is 17.5 Å². The number of aromatic nitrogens is 3. The lowest BCUT2D eigenvalue weighted by molar-refractivity contribution is -0.148. The average molecular weight is 422 g/mol. The first-order valence-corrected chi connectivity index (χ1v) is 8.82. The van der Waals surface area contributed by atoms with E-state index in [9.17, 15) is 31.9 Å². The number of fused-ring (bicyclic) bond motifs is 1. The molecule has 152 valence electrons. The number of hydrogen-bond acceptors (Lipinski definition) is 4. The zero-order chi connectivity index (χ0) is 20.6.